The van der Waals surface area contributed by atoms with Crippen LogP contribution in [0.15, 0.2) is 47.7 Å². The van der Waals surface area contributed by atoms with Gasteiger partial charge in [0.05, 0.1) is 12.7 Å². The summed E-state index contributed by atoms with van der Waals surface area (Å²) in [7, 11) is 1.79. The maximum atomic E-state index is 4.41. The van der Waals surface area contributed by atoms with Crippen LogP contribution in [0.3, 0.4) is 0 Å². The Morgan fingerprint density at radius 2 is 1.95 bits per heavy atom. The van der Waals surface area contributed by atoms with Gasteiger partial charge in [-0.15, -0.1) is 0 Å². The first-order valence-corrected chi connectivity index (χ1v) is 7.67. The molecule has 0 aliphatic rings. The molecule has 0 amide bonds. The topological polar surface area (TPSA) is 54.2 Å². The molecule has 0 atom stereocenters. The molecular weight excluding hydrogens is 274 g/mol. The highest BCUT2D eigenvalue weighted by Crippen LogP contribution is 2.03. The van der Waals surface area contributed by atoms with Crippen LogP contribution in [-0.2, 0) is 13.1 Å². The molecule has 0 aliphatic carbocycles. The lowest BCUT2D eigenvalue weighted by molar-refractivity contribution is 0.614. The average molecular weight is 299 g/mol. The van der Waals surface area contributed by atoms with Crippen molar-refractivity contribution in [1.29, 1.82) is 0 Å². The summed E-state index contributed by atoms with van der Waals surface area (Å²) in [6.07, 6.45) is 3.96. The molecule has 0 radical (unpaired) electrons. The van der Waals surface area contributed by atoms with Crippen LogP contribution < -0.4 is 10.6 Å². The predicted molar refractivity (Wildman–Crippen MR) is 90.8 cm³/mol. The Kier molecular flexibility index (Phi) is 6.01. The van der Waals surface area contributed by atoms with Gasteiger partial charge in [0.25, 0.3) is 0 Å². The van der Waals surface area contributed by atoms with Gasteiger partial charge in [-0.25, -0.2) is 0 Å². The van der Waals surface area contributed by atoms with E-state index < -0.39 is 0 Å². The minimum absolute atomic E-state index is 0.590. The zero-order valence-corrected chi connectivity index (χ0v) is 13.6. The number of guanidine groups is 1. The van der Waals surface area contributed by atoms with E-state index in [1.165, 1.54) is 5.56 Å². The summed E-state index contributed by atoms with van der Waals surface area (Å²) in [5, 5.41) is 11.0. The van der Waals surface area contributed by atoms with Crippen molar-refractivity contribution >= 4 is 5.96 Å². The number of hydrogen-bond donors (Lipinski definition) is 2. The van der Waals surface area contributed by atoms with Crippen LogP contribution in [-0.4, -0.2) is 29.3 Å². The molecule has 0 fully saturated rings. The Morgan fingerprint density at radius 3 is 2.64 bits per heavy atom. The van der Waals surface area contributed by atoms with Crippen molar-refractivity contribution in [3.63, 3.8) is 0 Å². The molecule has 0 bridgehead atoms. The van der Waals surface area contributed by atoms with Crippen LogP contribution in [0.25, 0.3) is 0 Å². The van der Waals surface area contributed by atoms with Crippen LogP contribution in [0, 0.1) is 5.92 Å². The minimum Gasteiger partial charge on any atom is -0.356 e. The summed E-state index contributed by atoms with van der Waals surface area (Å²) in [6, 6.07) is 10.3. The summed E-state index contributed by atoms with van der Waals surface area (Å²) in [5.74, 6) is 1.41. The first-order valence-electron chi connectivity index (χ1n) is 7.67. The molecule has 0 saturated heterocycles. The van der Waals surface area contributed by atoms with Crippen molar-refractivity contribution in [3.8, 4) is 0 Å². The lowest BCUT2D eigenvalue weighted by Gasteiger charge is -2.12. The highest BCUT2D eigenvalue weighted by molar-refractivity contribution is 5.79. The molecule has 22 heavy (non-hydrogen) atoms. The second-order valence-electron chi connectivity index (χ2n) is 5.73. The third kappa shape index (κ3) is 5.24. The Morgan fingerprint density at radius 1 is 1.18 bits per heavy atom. The number of nitrogens with one attached hydrogen (secondary N) is 2. The molecule has 0 saturated carbocycles. The van der Waals surface area contributed by atoms with E-state index in [0.717, 1.165) is 24.6 Å². The third-order valence-electron chi connectivity index (χ3n) is 3.24. The van der Waals surface area contributed by atoms with E-state index in [1.807, 2.05) is 29.1 Å². The molecule has 1 aromatic carbocycles. The van der Waals surface area contributed by atoms with Gasteiger partial charge in [0.2, 0.25) is 0 Å². The first kappa shape index (κ1) is 16.1. The van der Waals surface area contributed by atoms with E-state index in [9.17, 15) is 0 Å². The number of aromatic nitrogens is 2. The summed E-state index contributed by atoms with van der Waals surface area (Å²) >= 11 is 0. The van der Waals surface area contributed by atoms with Gasteiger partial charge in [0, 0.05) is 31.9 Å². The van der Waals surface area contributed by atoms with Gasteiger partial charge in [-0.1, -0.05) is 44.2 Å². The number of hydrogen-bond acceptors (Lipinski definition) is 2. The molecule has 5 nitrogen and oxygen atoms in total. The fourth-order valence-electron chi connectivity index (χ4n) is 2.06. The highest BCUT2D eigenvalue weighted by atomic mass is 15.3. The Bertz CT molecular complexity index is 586. The molecule has 118 valence electrons. The van der Waals surface area contributed by atoms with Crippen molar-refractivity contribution in [2.24, 2.45) is 10.9 Å². The SMILES string of the molecule is CN=C(NCc1cnn(Cc2ccccc2)c1)NCC(C)C. The monoisotopic (exact) mass is 299 g/mol. The van der Waals surface area contributed by atoms with Gasteiger partial charge < -0.3 is 10.6 Å². The van der Waals surface area contributed by atoms with Crippen molar-refractivity contribution in [1.82, 2.24) is 20.4 Å². The smallest absolute Gasteiger partial charge is 0.191 e. The predicted octanol–water partition coefficient (Wildman–Crippen LogP) is 2.25. The van der Waals surface area contributed by atoms with Gasteiger partial charge in [-0.3, -0.25) is 9.67 Å². The van der Waals surface area contributed by atoms with Gasteiger partial charge in [0.15, 0.2) is 5.96 Å². The summed E-state index contributed by atoms with van der Waals surface area (Å²) in [5.41, 5.74) is 2.39. The van der Waals surface area contributed by atoms with E-state index in [2.05, 4.69) is 52.9 Å². The molecule has 1 heterocycles. The molecule has 2 aromatic rings. The molecule has 0 unspecified atom stereocenters. The second-order valence-corrected chi connectivity index (χ2v) is 5.73. The molecule has 0 spiro atoms. The van der Waals surface area contributed by atoms with E-state index in [-0.39, 0.29) is 0 Å². The normalized spacial score (nSPS) is 11.7. The maximum absolute atomic E-state index is 4.41. The molecule has 2 rings (SSSR count). The quantitative estimate of drug-likeness (QED) is 0.635. The van der Waals surface area contributed by atoms with E-state index in [1.54, 1.807) is 7.05 Å². The van der Waals surface area contributed by atoms with Crippen LogP contribution in [0.1, 0.15) is 25.0 Å². The summed E-state index contributed by atoms with van der Waals surface area (Å²) < 4.78 is 1.96. The maximum Gasteiger partial charge on any atom is 0.191 e. The minimum atomic E-state index is 0.590. The van der Waals surface area contributed by atoms with Gasteiger partial charge in [-0.2, -0.15) is 5.10 Å². The third-order valence-corrected chi connectivity index (χ3v) is 3.24. The molecular formula is C17H25N5. The van der Waals surface area contributed by atoms with Crippen molar-refractivity contribution < 1.29 is 0 Å². The summed E-state index contributed by atoms with van der Waals surface area (Å²) in [4.78, 5) is 4.22. The van der Waals surface area contributed by atoms with Gasteiger partial charge >= 0.3 is 0 Å². The summed E-state index contributed by atoms with van der Waals surface area (Å²) in [6.45, 7) is 6.77. The van der Waals surface area contributed by atoms with Crippen LogP contribution in [0.2, 0.25) is 0 Å². The number of aliphatic imine (C=N–C) groups is 1. The Hall–Kier alpha value is -2.30. The lowest BCUT2D eigenvalue weighted by atomic mass is 10.2. The fraction of sp³-hybridized carbons (Fsp3) is 0.412. The largest absolute Gasteiger partial charge is 0.356 e. The number of rotatable bonds is 6. The second kappa shape index (κ2) is 8.22. The van der Waals surface area contributed by atoms with Crippen LogP contribution in [0.4, 0.5) is 0 Å². The molecule has 5 heteroatoms. The van der Waals surface area contributed by atoms with Crippen LogP contribution in [0.5, 0.6) is 0 Å². The zero-order valence-electron chi connectivity index (χ0n) is 13.6. The molecule has 0 aliphatic heterocycles. The highest BCUT2D eigenvalue weighted by Gasteiger charge is 2.02. The van der Waals surface area contributed by atoms with Crippen molar-refractivity contribution in [3.05, 3.63) is 53.9 Å². The first-order chi connectivity index (χ1) is 10.7. The van der Waals surface area contributed by atoms with E-state index >= 15 is 0 Å². The molecule has 2 N–H and O–H groups in total. The molecule has 1 aromatic heterocycles. The standard InChI is InChI=1S/C17H25N5/c1-14(2)9-19-17(18-3)20-10-16-11-21-22(13-16)12-15-7-5-4-6-8-15/h4-8,11,13-14H,9-10,12H2,1-3H3,(H2,18,19,20). The van der Waals surface area contributed by atoms with E-state index in [4.69, 9.17) is 0 Å². The lowest BCUT2D eigenvalue weighted by Crippen LogP contribution is -2.38. The van der Waals surface area contributed by atoms with Gasteiger partial charge in [0.1, 0.15) is 0 Å². The van der Waals surface area contributed by atoms with Crippen molar-refractivity contribution in [2.45, 2.75) is 26.9 Å². The number of nitrogens with zero attached hydrogens (tertiary/aromatic N) is 3. The van der Waals surface area contributed by atoms with Crippen LogP contribution >= 0.6 is 0 Å². The Balaban J connectivity index is 1.84. The zero-order chi connectivity index (χ0) is 15.8. The van der Waals surface area contributed by atoms with Gasteiger partial charge in [-0.05, 0) is 11.5 Å². The van der Waals surface area contributed by atoms with E-state index in [0.29, 0.717) is 12.5 Å². The van der Waals surface area contributed by atoms with Crippen molar-refractivity contribution in [2.75, 3.05) is 13.6 Å². The average Bonchev–Trinajstić information content (AvgIpc) is 2.96. The Labute approximate surface area is 132 Å². The fourth-order valence-corrected chi connectivity index (χ4v) is 2.06. The number of benzene rings is 1.